The van der Waals surface area contributed by atoms with E-state index in [-0.39, 0.29) is 5.48 Å². The van der Waals surface area contributed by atoms with Crippen molar-refractivity contribution in [1.82, 2.24) is 0 Å². The van der Waals surface area contributed by atoms with E-state index in [4.69, 9.17) is 0 Å². The minimum absolute atomic E-state index is 0. The smallest absolute Gasteiger partial charge is 0.0351 e. The Hall–Kier alpha value is -0.300. The number of hydrogen-bond acceptors (Lipinski definition) is 0. The molecule has 0 aromatic rings. The zero-order valence-corrected chi connectivity index (χ0v) is 7.31. The molecule has 0 aromatic heterocycles. The maximum absolute atomic E-state index is 2.35. The third kappa shape index (κ3) is 6.11. The van der Waals surface area contributed by atoms with Gasteiger partial charge in [-0.05, 0) is 25.7 Å². The Morgan fingerprint density at radius 2 is 0.909 bits per heavy atom. The van der Waals surface area contributed by atoms with Crippen LogP contribution in [0.2, 0.25) is 0 Å². The Bertz CT molecular complexity index is 85.0. The predicted molar refractivity (Wildman–Crippen MR) is 49.7 cm³/mol. The zero-order valence-electron chi connectivity index (χ0n) is 7.31. The molecule has 0 radical (unpaired) electrons. The van der Waals surface area contributed by atoms with Crippen molar-refractivity contribution in [3.8, 4) is 0 Å². The zero-order chi connectivity index (χ0) is 7.07. The van der Waals surface area contributed by atoms with Crippen LogP contribution < -0.4 is 0 Å². The Morgan fingerprint density at radius 1 is 0.545 bits per heavy atom. The molecule has 1 rings (SSSR count). The molecule has 0 unspecified atom stereocenters. The quantitative estimate of drug-likeness (QED) is 0.483. The van der Waals surface area contributed by atoms with Crippen LogP contribution in [-0.4, -0.2) is 5.48 Å². The van der Waals surface area contributed by atoms with E-state index in [2.05, 4.69) is 12.2 Å². The predicted octanol–water partition coefficient (Wildman–Crippen LogP) is 2.85. The van der Waals surface area contributed by atoms with E-state index >= 15 is 0 Å². The molecule has 0 spiro atoms. The number of allylic oxidation sites excluding steroid dienone is 2. The molecular formula is C10H20O. The summed E-state index contributed by atoms with van der Waals surface area (Å²) in [5.41, 5.74) is 0. The fraction of sp³-hybridized carbons (Fsp3) is 0.800. The second-order valence-electron chi connectivity index (χ2n) is 3.17. The van der Waals surface area contributed by atoms with Crippen LogP contribution in [0.15, 0.2) is 12.2 Å². The fourth-order valence-corrected chi connectivity index (χ4v) is 1.47. The van der Waals surface area contributed by atoms with Gasteiger partial charge in [0.15, 0.2) is 0 Å². The van der Waals surface area contributed by atoms with Gasteiger partial charge in [0.2, 0.25) is 0 Å². The summed E-state index contributed by atoms with van der Waals surface area (Å²) in [5.74, 6) is 0. The van der Waals surface area contributed by atoms with E-state index in [1.807, 2.05) is 0 Å². The SMILES string of the molecule is C1=CCCCCCCCC1.O. The Balaban J connectivity index is 0.000001000. The first-order valence-electron chi connectivity index (χ1n) is 4.65. The molecule has 11 heavy (non-hydrogen) atoms. The fourth-order valence-electron chi connectivity index (χ4n) is 1.47. The van der Waals surface area contributed by atoms with E-state index < -0.39 is 0 Å². The van der Waals surface area contributed by atoms with Gasteiger partial charge in [0, 0.05) is 0 Å². The van der Waals surface area contributed by atoms with Crippen LogP contribution in [0.4, 0.5) is 0 Å². The highest BCUT2D eigenvalue weighted by atomic mass is 16.0. The van der Waals surface area contributed by atoms with Crippen molar-refractivity contribution in [3.05, 3.63) is 12.2 Å². The molecule has 0 bridgehead atoms. The van der Waals surface area contributed by atoms with E-state index in [1.54, 1.807) is 0 Å². The van der Waals surface area contributed by atoms with Crippen LogP contribution in [0.5, 0.6) is 0 Å². The Morgan fingerprint density at radius 3 is 1.36 bits per heavy atom. The summed E-state index contributed by atoms with van der Waals surface area (Å²) in [4.78, 5) is 0. The van der Waals surface area contributed by atoms with Gasteiger partial charge >= 0.3 is 0 Å². The molecule has 1 nitrogen and oxygen atoms in total. The first kappa shape index (κ1) is 10.7. The van der Waals surface area contributed by atoms with Gasteiger partial charge in [0.25, 0.3) is 0 Å². The van der Waals surface area contributed by atoms with E-state index in [0.717, 1.165) is 0 Å². The summed E-state index contributed by atoms with van der Waals surface area (Å²) < 4.78 is 0. The van der Waals surface area contributed by atoms with Gasteiger partial charge in [-0.25, -0.2) is 0 Å². The van der Waals surface area contributed by atoms with Gasteiger partial charge < -0.3 is 5.48 Å². The van der Waals surface area contributed by atoms with Gasteiger partial charge in [0.1, 0.15) is 0 Å². The molecule has 1 aliphatic carbocycles. The summed E-state index contributed by atoms with van der Waals surface area (Å²) in [6.45, 7) is 0. The average Bonchev–Trinajstić information content (AvgIpc) is 2.01. The van der Waals surface area contributed by atoms with Crippen LogP contribution in [0, 0.1) is 0 Å². The normalized spacial score (nSPS) is 20.4. The first-order chi connectivity index (χ1) is 5.00. The van der Waals surface area contributed by atoms with Crippen molar-refractivity contribution in [2.24, 2.45) is 0 Å². The summed E-state index contributed by atoms with van der Waals surface area (Å²) in [7, 11) is 0. The minimum atomic E-state index is 0. The third-order valence-electron chi connectivity index (χ3n) is 2.16. The second kappa shape index (κ2) is 7.80. The van der Waals surface area contributed by atoms with E-state index in [9.17, 15) is 0 Å². The maximum Gasteiger partial charge on any atom is -0.0351 e. The molecule has 66 valence electrons. The molecule has 0 saturated carbocycles. The van der Waals surface area contributed by atoms with Gasteiger partial charge in [-0.2, -0.15) is 0 Å². The molecule has 0 heterocycles. The maximum atomic E-state index is 2.35. The number of hydrogen-bond donors (Lipinski definition) is 0. The lowest BCUT2D eigenvalue weighted by molar-refractivity contribution is 0.592. The van der Waals surface area contributed by atoms with Gasteiger partial charge in [-0.15, -0.1) is 0 Å². The van der Waals surface area contributed by atoms with Crippen molar-refractivity contribution in [1.29, 1.82) is 0 Å². The monoisotopic (exact) mass is 156 g/mol. The van der Waals surface area contributed by atoms with E-state index in [1.165, 1.54) is 51.4 Å². The Labute approximate surface area is 69.8 Å². The average molecular weight is 156 g/mol. The highest BCUT2D eigenvalue weighted by molar-refractivity contribution is 4.81. The van der Waals surface area contributed by atoms with E-state index in [0.29, 0.717) is 0 Å². The summed E-state index contributed by atoms with van der Waals surface area (Å²) in [5, 5.41) is 0. The molecule has 1 aliphatic rings. The van der Waals surface area contributed by atoms with Crippen LogP contribution in [0.1, 0.15) is 51.4 Å². The standard InChI is InChI=1S/C10H18.H2O/c1-2-4-6-8-10-9-7-5-3-1;/h1-2H,3-10H2;1H2. The largest absolute Gasteiger partial charge is 0.412 e. The summed E-state index contributed by atoms with van der Waals surface area (Å²) in [6, 6.07) is 0. The van der Waals surface area contributed by atoms with Crippen molar-refractivity contribution < 1.29 is 5.48 Å². The van der Waals surface area contributed by atoms with Crippen LogP contribution in [-0.2, 0) is 0 Å². The molecule has 2 N–H and O–H groups in total. The van der Waals surface area contributed by atoms with Crippen LogP contribution >= 0.6 is 0 Å². The van der Waals surface area contributed by atoms with Crippen molar-refractivity contribution >= 4 is 0 Å². The third-order valence-corrected chi connectivity index (χ3v) is 2.16. The minimum Gasteiger partial charge on any atom is -0.412 e. The first-order valence-corrected chi connectivity index (χ1v) is 4.65. The molecule has 0 amide bonds. The molecule has 0 saturated heterocycles. The molecular weight excluding hydrogens is 136 g/mol. The second-order valence-corrected chi connectivity index (χ2v) is 3.17. The van der Waals surface area contributed by atoms with Gasteiger partial charge in [-0.1, -0.05) is 37.8 Å². The highest BCUT2D eigenvalue weighted by Gasteiger charge is 1.91. The number of rotatable bonds is 0. The summed E-state index contributed by atoms with van der Waals surface area (Å²) in [6.07, 6.45) is 16.0. The van der Waals surface area contributed by atoms with Crippen molar-refractivity contribution in [2.75, 3.05) is 0 Å². The van der Waals surface area contributed by atoms with Crippen molar-refractivity contribution in [2.45, 2.75) is 51.4 Å². The van der Waals surface area contributed by atoms with Crippen LogP contribution in [0.3, 0.4) is 0 Å². The van der Waals surface area contributed by atoms with Gasteiger partial charge in [0.05, 0.1) is 0 Å². The highest BCUT2D eigenvalue weighted by Crippen LogP contribution is 2.11. The molecule has 0 aromatic carbocycles. The molecule has 0 fully saturated rings. The topological polar surface area (TPSA) is 31.5 Å². The lowest BCUT2D eigenvalue weighted by Gasteiger charge is -2.01. The summed E-state index contributed by atoms with van der Waals surface area (Å²) >= 11 is 0. The lowest BCUT2D eigenvalue weighted by Crippen LogP contribution is -1.81. The molecule has 0 atom stereocenters. The lowest BCUT2D eigenvalue weighted by atomic mass is 10.1. The van der Waals surface area contributed by atoms with Crippen LogP contribution in [0.25, 0.3) is 0 Å². The molecule has 0 aliphatic heterocycles. The molecule has 1 heteroatoms. The van der Waals surface area contributed by atoms with Crippen molar-refractivity contribution in [3.63, 3.8) is 0 Å². The Kier molecular flexibility index (Phi) is 7.59. The van der Waals surface area contributed by atoms with Gasteiger partial charge in [-0.3, -0.25) is 0 Å².